The Labute approximate surface area is 111 Å². The van der Waals surface area contributed by atoms with Gasteiger partial charge in [0.25, 0.3) is 0 Å². The molecule has 1 fully saturated rings. The molecule has 0 saturated carbocycles. The zero-order valence-electron chi connectivity index (χ0n) is 10.8. The first-order chi connectivity index (χ1) is 9.18. The van der Waals surface area contributed by atoms with Crippen LogP contribution in [0.15, 0.2) is 39.9 Å². The van der Waals surface area contributed by atoms with E-state index in [0.717, 1.165) is 25.2 Å². The standard InChI is InChI=1S/C15H16N2O2/c1-10-9-17(8-7-16-10)13-12(14(18)15(13)19)11-5-3-2-4-6-11/h2-6,10,16H,7-9H2,1H3/t10-/m0/s1. The Kier molecular flexibility index (Phi) is 2.95. The summed E-state index contributed by atoms with van der Waals surface area (Å²) in [5, 5.41) is 3.34. The predicted molar refractivity (Wildman–Crippen MR) is 76.5 cm³/mol. The number of nitrogens with one attached hydrogen (secondary N) is 1. The van der Waals surface area contributed by atoms with Gasteiger partial charge in [0.1, 0.15) is 5.69 Å². The number of benzene rings is 1. The maximum atomic E-state index is 11.9. The molecule has 3 rings (SSSR count). The molecular formula is C15H16N2O2. The van der Waals surface area contributed by atoms with E-state index in [1.807, 2.05) is 35.2 Å². The summed E-state index contributed by atoms with van der Waals surface area (Å²) in [5.74, 6) is 0. The van der Waals surface area contributed by atoms with E-state index in [1.54, 1.807) is 0 Å². The molecule has 1 heterocycles. The summed E-state index contributed by atoms with van der Waals surface area (Å²) in [6, 6.07) is 9.77. The number of hydrogen-bond acceptors (Lipinski definition) is 4. The minimum atomic E-state index is -0.354. The Hall–Kier alpha value is -1.94. The van der Waals surface area contributed by atoms with E-state index in [4.69, 9.17) is 0 Å². The van der Waals surface area contributed by atoms with Crippen molar-refractivity contribution in [2.24, 2.45) is 0 Å². The Morgan fingerprint density at radius 3 is 2.58 bits per heavy atom. The minimum Gasteiger partial charge on any atom is -0.365 e. The molecule has 4 heteroatoms. The average molecular weight is 256 g/mol. The second-order valence-corrected chi connectivity index (χ2v) is 5.05. The number of nitrogens with zero attached hydrogens (tertiary/aromatic N) is 1. The van der Waals surface area contributed by atoms with Gasteiger partial charge < -0.3 is 10.2 Å². The van der Waals surface area contributed by atoms with Gasteiger partial charge >= 0.3 is 0 Å². The van der Waals surface area contributed by atoms with Crippen molar-refractivity contribution in [2.75, 3.05) is 24.5 Å². The molecule has 0 radical (unpaired) electrons. The van der Waals surface area contributed by atoms with Crippen LogP contribution in [-0.2, 0) is 0 Å². The Balaban J connectivity index is 2.02. The summed E-state index contributed by atoms with van der Waals surface area (Å²) in [6.45, 7) is 4.47. The largest absolute Gasteiger partial charge is 0.365 e. The average Bonchev–Trinajstić information content (AvgIpc) is 2.44. The van der Waals surface area contributed by atoms with Crippen LogP contribution in [-0.4, -0.2) is 25.7 Å². The van der Waals surface area contributed by atoms with Crippen molar-refractivity contribution in [2.45, 2.75) is 13.0 Å². The predicted octanol–water partition coefficient (Wildman–Crippen LogP) is 0.748. The molecule has 0 aromatic heterocycles. The van der Waals surface area contributed by atoms with Crippen molar-refractivity contribution in [3.8, 4) is 11.1 Å². The van der Waals surface area contributed by atoms with E-state index >= 15 is 0 Å². The third-order valence-corrected chi connectivity index (χ3v) is 3.63. The van der Waals surface area contributed by atoms with Crippen LogP contribution in [0.3, 0.4) is 0 Å². The molecule has 98 valence electrons. The molecule has 0 unspecified atom stereocenters. The molecule has 1 aliphatic heterocycles. The van der Waals surface area contributed by atoms with Gasteiger partial charge in [0.05, 0.1) is 5.56 Å². The third-order valence-electron chi connectivity index (χ3n) is 3.63. The van der Waals surface area contributed by atoms with Crippen LogP contribution in [0.25, 0.3) is 11.1 Å². The first-order valence-electron chi connectivity index (χ1n) is 6.55. The molecule has 1 N–H and O–H groups in total. The van der Waals surface area contributed by atoms with Gasteiger partial charge in [-0.15, -0.1) is 0 Å². The van der Waals surface area contributed by atoms with Crippen molar-refractivity contribution in [1.82, 2.24) is 5.32 Å². The van der Waals surface area contributed by atoms with Crippen LogP contribution in [0.1, 0.15) is 6.92 Å². The van der Waals surface area contributed by atoms with Crippen molar-refractivity contribution >= 4 is 5.69 Å². The molecule has 4 nitrogen and oxygen atoms in total. The lowest BCUT2D eigenvalue weighted by molar-refractivity contribution is 0.484. The lowest BCUT2D eigenvalue weighted by atomic mass is 9.97. The summed E-state index contributed by atoms with van der Waals surface area (Å²) < 4.78 is 0. The zero-order valence-corrected chi connectivity index (χ0v) is 10.8. The highest BCUT2D eigenvalue weighted by Crippen LogP contribution is 2.26. The van der Waals surface area contributed by atoms with Crippen LogP contribution in [0, 0.1) is 0 Å². The zero-order chi connectivity index (χ0) is 13.4. The number of rotatable bonds is 2. The summed E-state index contributed by atoms with van der Waals surface area (Å²) in [6.07, 6.45) is 0. The van der Waals surface area contributed by atoms with Crippen molar-refractivity contribution in [3.05, 3.63) is 50.8 Å². The fraction of sp³-hybridized carbons (Fsp3) is 0.333. The van der Waals surface area contributed by atoms with E-state index < -0.39 is 0 Å². The van der Waals surface area contributed by atoms with E-state index in [2.05, 4.69) is 12.2 Å². The van der Waals surface area contributed by atoms with Crippen LogP contribution < -0.4 is 21.1 Å². The van der Waals surface area contributed by atoms with E-state index in [-0.39, 0.29) is 10.9 Å². The number of hydrogen-bond donors (Lipinski definition) is 1. The highest BCUT2D eigenvalue weighted by atomic mass is 16.2. The summed E-state index contributed by atoms with van der Waals surface area (Å²) in [5.41, 5.74) is 1.33. The Bertz CT molecular complexity index is 656. The number of piperazine rings is 1. The van der Waals surface area contributed by atoms with E-state index in [1.165, 1.54) is 0 Å². The van der Waals surface area contributed by atoms with Crippen molar-refractivity contribution in [3.63, 3.8) is 0 Å². The molecule has 0 amide bonds. The molecule has 1 aliphatic rings. The summed E-state index contributed by atoms with van der Waals surface area (Å²) >= 11 is 0. The molecule has 1 atom stereocenters. The van der Waals surface area contributed by atoms with Gasteiger partial charge in [0, 0.05) is 25.7 Å². The van der Waals surface area contributed by atoms with Gasteiger partial charge in [-0.3, -0.25) is 9.59 Å². The Morgan fingerprint density at radius 1 is 1.16 bits per heavy atom. The maximum absolute atomic E-state index is 11.9. The van der Waals surface area contributed by atoms with Gasteiger partial charge in [-0.2, -0.15) is 0 Å². The molecule has 2 aromatic carbocycles. The van der Waals surface area contributed by atoms with Gasteiger partial charge in [-0.05, 0) is 12.5 Å². The summed E-state index contributed by atoms with van der Waals surface area (Å²) in [4.78, 5) is 25.8. The molecule has 0 bridgehead atoms. The second kappa shape index (κ2) is 4.63. The molecule has 1 saturated heterocycles. The SMILES string of the molecule is C[C@H]1CN(c2c(-c3ccccc3)c(=O)c2=O)CCN1. The molecule has 0 aliphatic carbocycles. The van der Waals surface area contributed by atoms with Gasteiger partial charge in [-0.25, -0.2) is 0 Å². The van der Waals surface area contributed by atoms with E-state index in [0.29, 0.717) is 17.3 Å². The van der Waals surface area contributed by atoms with Crippen LogP contribution >= 0.6 is 0 Å². The fourth-order valence-corrected chi connectivity index (χ4v) is 2.69. The van der Waals surface area contributed by atoms with Gasteiger partial charge in [0.15, 0.2) is 0 Å². The maximum Gasteiger partial charge on any atom is 0.250 e. The summed E-state index contributed by atoms with van der Waals surface area (Å²) in [7, 11) is 0. The lowest BCUT2D eigenvalue weighted by Crippen LogP contribution is -2.53. The lowest BCUT2D eigenvalue weighted by Gasteiger charge is -2.35. The quantitative estimate of drug-likeness (QED) is 0.806. The normalized spacial score (nSPS) is 19.8. The number of anilines is 1. The molecule has 19 heavy (non-hydrogen) atoms. The van der Waals surface area contributed by atoms with Crippen LogP contribution in [0.5, 0.6) is 0 Å². The topological polar surface area (TPSA) is 49.4 Å². The third kappa shape index (κ3) is 1.98. The monoisotopic (exact) mass is 256 g/mol. The van der Waals surface area contributed by atoms with Gasteiger partial charge in [-0.1, -0.05) is 30.3 Å². The van der Waals surface area contributed by atoms with Crippen LogP contribution in [0.4, 0.5) is 5.69 Å². The van der Waals surface area contributed by atoms with Crippen molar-refractivity contribution in [1.29, 1.82) is 0 Å². The van der Waals surface area contributed by atoms with Crippen molar-refractivity contribution < 1.29 is 0 Å². The smallest absolute Gasteiger partial charge is 0.250 e. The fourth-order valence-electron chi connectivity index (χ4n) is 2.69. The van der Waals surface area contributed by atoms with Crippen LogP contribution in [0.2, 0.25) is 0 Å². The molecular weight excluding hydrogens is 240 g/mol. The Morgan fingerprint density at radius 2 is 1.89 bits per heavy atom. The molecule has 0 spiro atoms. The van der Waals surface area contributed by atoms with Gasteiger partial charge in [0.2, 0.25) is 10.9 Å². The highest BCUT2D eigenvalue weighted by Gasteiger charge is 2.28. The molecule has 2 aromatic rings. The van der Waals surface area contributed by atoms with E-state index in [9.17, 15) is 9.59 Å². The second-order valence-electron chi connectivity index (χ2n) is 5.05. The highest BCUT2D eigenvalue weighted by molar-refractivity contribution is 5.82. The minimum absolute atomic E-state index is 0.335. The first kappa shape index (κ1) is 12.1. The first-order valence-corrected chi connectivity index (χ1v) is 6.55.